The van der Waals surface area contributed by atoms with E-state index >= 15 is 0 Å². The fourth-order valence-corrected chi connectivity index (χ4v) is 1.40. The number of hydrogen-bond donors (Lipinski definition) is 1. The second-order valence-electron chi connectivity index (χ2n) is 3.54. The van der Waals surface area contributed by atoms with E-state index in [1.54, 1.807) is 0 Å². The molecule has 0 saturated carbocycles. The average molecular weight is 309 g/mol. The zero-order chi connectivity index (χ0) is 14.8. The van der Waals surface area contributed by atoms with Crippen molar-refractivity contribution in [2.75, 3.05) is 6.61 Å². The molecular formula is C10H7ClF6O2. The number of alkyl halides is 6. The Morgan fingerprint density at radius 2 is 1.74 bits per heavy atom. The van der Waals surface area contributed by atoms with Crippen LogP contribution >= 0.6 is 11.6 Å². The average Bonchev–Trinajstić information content (AvgIpc) is 2.23. The molecule has 1 N–H and O–H groups in total. The first-order chi connectivity index (χ1) is 8.50. The molecule has 0 aliphatic rings. The van der Waals surface area contributed by atoms with Crippen LogP contribution in [0.2, 0.25) is 5.02 Å². The van der Waals surface area contributed by atoms with Gasteiger partial charge in [0.25, 0.3) is 0 Å². The molecule has 0 saturated heterocycles. The maximum Gasteiger partial charge on any atom is 0.422 e. The minimum Gasteiger partial charge on any atom is -0.483 e. The Morgan fingerprint density at radius 1 is 1.16 bits per heavy atom. The summed E-state index contributed by atoms with van der Waals surface area (Å²) in [5.74, 6) is -0.419. The van der Waals surface area contributed by atoms with Crippen LogP contribution in [0.15, 0.2) is 18.2 Å². The minimum atomic E-state index is -4.89. The summed E-state index contributed by atoms with van der Waals surface area (Å²) in [6.07, 6.45) is -12.2. The van der Waals surface area contributed by atoms with Crippen molar-refractivity contribution in [1.29, 1.82) is 0 Å². The van der Waals surface area contributed by atoms with Crippen molar-refractivity contribution in [1.82, 2.24) is 0 Å². The van der Waals surface area contributed by atoms with Crippen molar-refractivity contribution < 1.29 is 36.2 Å². The first-order valence-electron chi connectivity index (χ1n) is 4.74. The fourth-order valence-electron chi connectivity index (χ4n) is 1.15. The molecule has 9 heteroatoms. The maximum absolute atomic E-state index is 12.2. The van der Waals surface area contributed by atoms with Crippen LogP contribution in [-0.4, -0.2) is 24.1 Å². The van der Waals surface area contributed by atoms with E-state index < -0.39 is 41.4 Å². The van der Waals surface area contributed by atoms with Crippen LogP contribution in [0.25, 0.3) is 0 Å². The third kappa shape index (κ3) is 4.79. The molecule has 0 aliphatic carbocycles. The Kier molecular flexibility index (Phi) is 4.57. The van der Waals surface area contributed by atoms with Crippen LogP contribution in [0.5, 0.6) is 5.75 Å². The number of aliphatic hydroxyl groups excluding tert-OH is 1. The number of rotatable bonds is 3. The lowest BCUT2D eigenvalue weighted by atomic mass is 10.1. The van der Waals surface area contributed by atoms with Crippen molar-refractivity contribution in [3.63, 3.8) is 0 Å². The molecule has 0 fully saturated rings. The predicted molar refractivity (Wildman–Crippen MR) is 54.0 cm³/mol. The summed E-state index contributed by atoms with van der Waals surface area (Å²) < 4.78 is 76.5. The van der Waals surface area contributed by atoms with E-state index in [2.05, 4.69) is 4.74 Å². The molecule has 1 rings (SSSR count). The van der Waals surface area contributed by atoms with Crippen molar-refractivity contribution in [2.45, 2.75) is 18.5 Å². The zero-order valence-corrected chi connectivity index (χ0v) is 9.77. The standard InChI is InChI=1S/C10H7ClF6O2/c11-6-3-5(8(18)10(15,16)17)1-2-7(6)19-4-9(12,13)14/h1-3,8,18H,4H2. The molecule has 0 aliphatic heterocycles. The van der Waals surface area contributed by atoms with Gasteiger partial charge >= 0.3 is 12.4 Å². The van der Waals surface area contributed by atoms with Gasteiger partial charge in [-0.15, -0.1) is 0 Å². The molecule has 0 spiro atoms. The summed E-state index contributed by atoms with van der Waals surface area (Å²) in [6.45, 7) is -1.62. The van der Waals surface area contributed by atoms with Gasteiger partial charge < -0.3 is 9.84 Å². The van der Waals surface area contributed by atoms with E-state index in [9.17, 15) is 26.3 Å². The molecule has 1 unspecified atom stereocenters. The van der Waals surface area contributed by atoms with Gasteiger partial charge in [0.1, 0.15) is 5.75 Å². The maximum atomic E-state index is 12.2. The largest absolute Gasteiger partial charge is 0.483 e. The van der Waals surface area contributed by atoms with Crippen LogP contribution in [0.4, 0.5) is 26.3 Å². The van der Waals surface area contributed by atoms with Gasteiger partial charge in [-0.3, -0.25) is 0 Å². The third-order valence-electron chi connectivity index (χ3n) is 1.97. The smallest absolute Gasteiger partial charge is 0.422 e. The Hall–Kier alpha value is -1.15. The quantitative estimate of drug-likeness (QED) is 0.859. The lowest BCUT2D eigenvalue weighted by Gasteiger charge is -2.16. The molecule has 0 bridgehead atoms. The van der Waals surface area contributed by atoms with E-state index in [1.165, 1.54) is 0 Å². The molecule has 0 heterocycles. The highest BCUT2D eigenvalue weighted by molar-refractivity contribution is 6.32. The molecule has 19 heavy (non-hydrogen) atoms. The van der Waals surface area contributed by atoms with Crippen molar-refractivity contribution in [3.05, 3.63) is 28.8 Å². The zero-order valence-electron chi connectivity index (χ0n) is 9.02. The van der Waals surface area contributed by atoms with Gasteiger partial charge in [0, 0.05) is 0 Å². The van der Waals surface area contributed by atoms with Crippen LogP contribution in [0.1, 0.15) is 11.7 Å². The van der Waals surface area contributed by atoms with Crippen LogP contribution in [0.3, 0.4) is 0 Å². The van der Waals surface area contributed by atoms with Gasteiger partial charge in [-0.25, -0.2) is 0 Å². The Balaban J connectivity index is 2.86. The number of benzene rings is 1. The monoisotopic (exact) mass is 308 g/mol. The topological polar surface area (TPSA) is 29.5 Å². The third-order valence-corrected chi connectivity index (χ3v) is 2.27. The second kappa shape index (κ2) is 5.46. The molecular weight excluding hydrogens is 302 g/mol. The highest BCUT2D eigenvalue weighted by atomic mass is 35.5. The van der Waals surface area contributed by atoms with Gasteiger partial charge in [0.15, 0.2) is 12.7 Å². The predicted octanol–water partition coefficient (Wildman–Crippen LogP) is 3.88. The van der Waals surface area contributed by atoms with Gasteiger partial charge in [0.2, 0.25) is 0 Å². The van der Waals surface area contributed by atoms with E-state index in [1.807, 2.05) is 0 Å². The SMILES string of the molecule is OC(c1ccc(OCC(F)(F)F)c(Cl)c1)C(F)(F)F. The summed E-state index contributed by atoms with van der Waals surface area (Å²) in [7, 11) is 0. The summed E-state index contributed by atoms with van der Waals surface area (Å²) in [5, 5.41) is 8.47. The van der Waals surface area contributed by atoms with Gasteiger partial charge in [-0.05, 0) is 17.7 Å². The van der Waals surface area contributed by atoms with E-state index in [0.717, 1.165) is 12.1 Å². The van der Waals surface area contributed by atoms with Crippen molar-refractivity contribution in [2.24, 2.45) is 0 Å². The molecule has 0 aromatic heterocycles. The molecule has 2 nitrogen and oxygen atoms in total. The van der Waals surface area contributed by atoms with Crippen LogP contribution in [-0.2, 0) is 0 Å². The Bertz CT molecular complexity index is 443. The number of hydrogen-bond acceptors (Lipinski definition) is 2. The lowest BCUT2D eigenvalue weighted by Crippen LogP contribution is -2.21. The van der Waals surface area contributed by atoms with Crippen LogP contribution < -0.4 is 4.74 Å². The number of halogens is 7. The summed E-state index contributed by atoms with van der Waals surface area (Å²) in [4.78, 5) is 0. The second-order valence-corrected chi connectivity index (χ2v) is 3.95. The molecule has 0 radical (unpaired) electrons. The first-order valence-corrected chi connectivity index (χ1v) is 5.12. The van der Waals surface area contributed by atoms with Crippen LogP contribution in [0, 0.1) is 0 Å². The molecule has 1 atom stereocenters. The van der Waals surface area contributed by atoms with E-state index in [4.69, 9.17) is 16.7 Å². The minimum absolute atomic E-state index is 0.419. The lowest BCUT2D eigenvalue weighted by molar-refractivity contribution is -0.206. The highest BCUT2D eigenvalue weighted by Gasteiger charge is 2.39. The number of ether oxygens (including phenoxy) is 1. The van der Waals surface area contributed by atoms with Gasteiger partial charge in [-0.2, -0.15) is 26.3 Å². The van der Waals surface area contributed by atoms with Crippen molar-refractivity contribution >= 4 is 11.6 Å². The molecule has 0 amide bonds. The highest BCUT2D eigenvalue weighted by Crippen LogP contribution is 2.36. The van der Waals surface area contributed by atoms with Crippen molar-refractivity contribution in [3.8, 4) is 5.75 Å². The summed E-state index contributed by atoms with van der Waals surface area (Å²) in [5.41, 5.74) is -0.586. The normalized spacial score (nSPS) is 14.3. The Labute approximate surface area is 108 Å². The van der Waals surface area contributed by atoms with E-state index in [-0.39, 0.29) is 0 Å². The fraction of sp³-hybridized carbons (Fsp3) is 0.400. The molecule has 108 valence electrons. The molecule has 1 aromatic rings. The summed E-state index contributed by atoms with van der Waals surface area (Å²) >= 11 is 5.48. The van der Waals surface area contributed by atoms with Gasteiger partial charge in [-0.1, -0.05) is 17.7 Å². The van der Waals surface area contributed by atoms with E-state index in [0.29, 0.717) is 6.07 Å². The molecule has 1 aromatic carbocycles. The first kappa shape index (κ1) is 15.9. The van der Waals surface area contributed by atoms with Gasteiger partial charge in [0.05, 0.1) is 5.02 Å². The number of aliphatic hydroxyl groups is 1. The Morgan fingerprint density at radius 3 is 2.16 bits per heavy atom. The summed E-state index contributed by atoms with van der Waals surface area (Å²) in [6, 6.07) is 2.32.